The van der Waals surface area contributed by atoms with Gasteiger partial charge in [-0.1, -0.05) is 25.6 Å². The summed E-state index contributed by atoms with van der Waals surface area (Å²) in [5.74, 6) is 2.44. The highest BCUT2D eigenvalue weighted by atomic mass is 32.2. The summed E-state index contributed by atoms with van der Waals surface area (Å²) in [4.78, 5) is 4.34. The highest BCUT2D eigenvalue weighted by molar-refractivity contribution is 7.98. The molecule has 5 rings (SSSR count). The number of thioether (sulfide) groups is 1. The lowest BCUT2D eigenvalue weighted by Gasteiger charge is -2.14. The number of fused-ring (bicyclic) bond motifs is 1. The van der Waals surface area contributed by atoms with Crippen LogP contribution in [-0.2, 0) is 5.75 Å². The van der Waals surface area contributed by atoms with Gasteiger partial charge in [0.2, 0.25) is 6.79 Å². The summed E-state index contributed by atoms with van der Waals surface area (Å²) in [5.41, 5.74) is 4.73. The maximum atomic E-state index is 10.7. The van der Waals surface area contributed by atoms with E-state index in [9.17, 15) is 10.2 Å². The molecule has 164 valence electrons. The molecule has 0 radical (unpaired) electrons. The van der Waals surface area contributed by atoms with Crippen molar-refractivity contribution in [3.05, 3.63) is 52.5 Å². The largest absolute Gasteiger partial charge is 0.508 e. The van der Waals surface area contributed by atoms with Crippen molar-refractivity contribution >= 4 is 23.1 Å². The van der Waals surface area contributed by atoms with Crippen molar-refractivity contribution in [3.8, 4) is 40.1 Å². The van der Waals surface area contributed by atoms with Crippen LogP contribution in [0.5, 0.6) is 23.0 Å². The summed E-state index contributed by atoms with van der Waals surface area (Å²) in [7, 11) is 0. The Morgan fingerprint density at radius 2 is 1.94 bits per heavy atom. The first-order valence-electron chi connectivity index (χ1n) is 9.93. The normalized spacial score (nSPS) is 12.6. The third kappa shape index (κ3) is 3.76. The topological polar surface area (TPSA) is 103 Å². The predicted octanol–water partition coefficient (Wildman–Crippen LogP) is 4.95. The SMILES string of the molecule is CC(C)c1cc(-c2nnc(SCc3cscn3)n2-c2ccc3c(c2)OCO3)c(O)cc1O. The van der Waals surface area contributed by atoms with E-state index in [0.717, 1.165) is 16.9 Å². The van der Waals surface area contributed by atoms with Crippen molar-refractivity contribution in [1.29, 1.82) is 0 Å². The zero-order valence-corrected chi connectivity index (χ0v) is 19.0. The Balaban J connectivity index is 1.64. The van der Waals surface area contributed by atoms with Gasteiger partial charge in [0.25, 0.3) is 0 Å². The molecule has 2 N–H and O–H groups in total. The maximum Gasteiger partial charge on any atom is 0.231 e. The van der Waals surface area contributed by atoms with Crippen molar-refractivity contribution in [2.75, 3.05) is 6.79 Å². The third-order valence-corrected chi connectivity index (χ3v) is 6.69. The zero-order valence-electron chi connectivity index (χ0n) is 17.3. The summed E-state index contributed by atoms with van der Waals surface area (Å²) in [6.07, 6.45) is 0. The number of aromatic nitrogens is 4. The smallest absolute Gasteiger partial charge is 0.231 e. The Bertz CT molecular complexity index is 1270. The highest BCUT2D eigenvalue weighted by Crippen LogP contribution is 2.41. The Morgan fingerprint density at radius 3 is 2.72 bits per heavy atom. The van der Waals surface area contributed by atoms with E-state index in [4.69, 9.17) is 9.47 Å². The maximum absolute atomic E-state index is 10.7. The highest BCUT2D eigenvalue weighted by Gasteiger charge is 2.23. The molecule has 0 unspecified atom stereocenters. The van der Waals surface area contributed by atoms with Gasteiger partial charge in [0.05, 0.1) is 22.5 Å². The molecule has 0 aliphatic carbocycles. The minimum Gasteiger partial charge on any atom is -0.508 e. The second kappa shape index (κ2) is 8.36. The van der Waals surface area contributed by atoms with Crippen LogP contribution in [-0.4, -0.2) is 36.8 Å². The van der Waals surface area contributed by atoms with Crippen molar-refractivity contribution in [2.45, 2.75) is 30.7 Å². The van der Waals surface area contributed by atoms with Gasteiger partial charge in [-0.15, -0.1) is 21.5 Å². The molecule has 0 spiro atoms. The average molecular weight is 469 g/mol. The van der Waals surface area contributed by atoms with E-state index >= 15 is 0 Å². The molecular formula is C22H20N4O4S2. The zero-order chi connectivity index (χ0) is 22.2. The van der Waals surface area contributed by atoms with Gasteiger partial charge in [-0.2, -0.15) is 0 Å². The fraction of sp³-hybridized carbons (Fsp3) is 0.227. The Labute approximate surface area is 192 Å². The van der Waals surface area contributed by atoms with Crippen molar-refractivity contribution in [2.24, 2.45) is 0 Å². The molecule has 4 aromatic rings. The molecule has 0 bridgehead atoms. The van der Waals surface area contributed by atoms with Gasteiger partial charge in [0.1, 0.15) is 11.5 Å². The number of aromatic hydroxyl groups is 2. The second-order valence-electron chi connectivity index (χ2n) is 7.53. The number of phenols is 2. The molecule has 32 heavy (non-hydrogen) atoms. The Morgan fingerprint density at radius 1 is 1.09 bits per heavy atom. The van der Waals surface area contributed by atoms with E-state index < -0.39 is 0 Å². The first-order valence-corrected chi connectivity index (χ1v) is 11.9. The van der Waals surface area contributed by atoms with Crippen LogP contribution in [0.3, 0.4) is 0 Å². The fourth-order valence-corrected chi connectivity index (χ4v) is 5.00. The van der Waals surface area contributed by atoms with Crippen molar-refractivity contribution < 1.29 is 19.7 Å². The first-order chi connectivity index (χ1) is 15.5. The van der Waals surface area contributed by atoms with Crippen molar-refractivity contribution in [3.63, 3.8) is 0 Å². The summed E-state index contributed by atoms with van der Waals surface area (Å²) in [6.45, 7) is 4.14. The first kappa shape index (κ1) is 20.7. The summed E-state index contributed by atoms with van der Waals surface area (Å²) in [5, 5.41) is 32.4. The lowest BCUT2D eigenvalue weighted by molar-refractivity contribution is 0.174. The molecular weight excluding hydrogens is 448 g/mol. The number of hydrogen-bond donors (Lipinski definition) is 2. The second-order valence-corrected chi connectivity index (χ2v) is 9.19. The van der Waals surface area contributed by atoms with E-state index in [0.29, 0.717) is 33.8 Å². The molecule has 10 heteroatoms. The molecule has 8 nitrogen and oxygen atoms in total. The van der Waals surface area contributed by atoms with Gasteiger partial charge in [-0.05, 0) is 29.7 Å². The van der Waals surface area contributed by atoms with E-state index in [1.165, 1.54) is 17.8 Å². The Kier molecular flexibility index (Phi) is 5.40. The number of rotatable bonds is 6. The number of benzene rings is 2. The number of ether oxygens (including phenoxy) is 2. The standard InChI is InChI=1S/C22H20N4O4S2/c1-12(2)15-6-16(18(28)7-17(15)27)21-24-25-22(32-9-13-8-31-10-23-13)26(21)14-3-4-19-20(5-14)30-11-29-19/h3-8,10,12,27-28H,9,11H2,1-2H3. The van der Waals surface area contributed by atoms with Crippen LogP contribution in [0.2, 0.25) is 0 Å². The van der Waals surface area contributed by atoms with Gasteiger partial charge < -0.3 is 19.7 Å². The predicted molar refractivity (Wildman–Crippen MR) is 122 cm³/mol. The summed E-state index contributed by atoms with van der Waals surface area (Å²) >= 11 is 3.04. The molecule has 1 aliphatic heterocycles. The molecule has 3 heterocycles. The van der Waals surface area contributed by atoms with Crippen LogP contribution >= 0.6 is 23.1 Å². The molecule has 2 aromatic carbocycles. The van der Waals surface area contributed by atoms with E-state index in [2.05, 4.69) is 15.2 Å². The van der Waals surface area contributed by atoms with Crippen LogP contribution in [0.4, 0.5) is 0 Å². The third-order valence-electron chi connectivity index (χ3n) is 5.09. The quantitative estimate of drug-likeness (QED) is 0.383. The minimum atomic E-state index is -0.0719. The van der Waals surface area contributed by atoms with E-state index in [1.54, 1.807) is 22.9 Å². The number of thiazole rings is 1. The van der Waals surface area contributed by atoms with E-state index in [1.807, 2.05) is 42.0 Å². The lowest BCUT2D eigenvalue weighted by Crippen LogP contribution is -2.01. The average Bonchev–Trinajstić information content (AvgIpc) is 3.51. The van der Waals surface area contributed by atoms with Gasteiger partial charge in [0.15, 0.2) is 22.5 Å². The molecule has 0 atom stereocenters. The minimum absolute atomic E-state index is 0.0496. The van der Waals surface area contributed by atoms with Crippen LogP contribution in [0, 0.1) is 0 Å². The van der Waals surface area contributed by atoms with Gasteiger partial charge in [-0.25, -0.2) is 4.98 Å². The van der Waals surface area contributed by atoms with Crippen LogP contribution < -0.4 is 9.47 Å². The van der Waals surface area contributed by atoms with E-state index in [-0.39, 0.29) is 24.2 Å². The molecule has 0 saturated carbocycles. The number of nitrogens with zero attached hydrogens (tertiary/aromatic N) is 4. The monoisotopic (exact) mass is 468 g/mol. The fourth-order valence-electron chi connectivity index (χ4n) is 3.48. The molecule has 0 amide bonds. The van der Waals surface area contributed by atoms with Crippen LogP contribution in [0.25, 0.3) is 17.1 Å². The summed E-state index contributed by atoms with van der Waals surface area (Å²) < 4.78 is 12.9. The molecule has 0 fully saturated rings. The molecule has 2 aromatic heterocycles. The van der Waals surface area contributed by atoms with Crippen molar-refractivity contribution in [1.82, 2.24) is 19.7 Å². The number of hydrogen-bond acceptors (Lipinski definition) is 9. The van der Waals surface area contributed by atoms with Crippen LogP contribution in [0.15, 0.2) is 46.4 Å². The lowest BCUT2D eigenvalue weighted by atomic mass is 9.98. The summed E-state index contributed by atoms with van der Waals surface area (Å²) in [6, 6.07) is 8.71. The Hall–Kier alpha value is -3.24. The van der Waals surface area contributed by atoms with Crippen LogP contribution in [0.1, 0.15) is 31.0 Å². The number of phenolic OH excluding ortho intramolecular Hbond substituents is 2. The van der Waals surface area contributed by atoms with Gasteiger partial charge >= 0.3 is 0 Å². The molecule has 0 saturated heterocycles. The van der Waals surface area contributed by atoms with Gasteiger partial charge in [0, 0.05) is 23.3 Å². The molecule has 1 aliphatic rings. The van der Waals surface area contributed by atoms with Gasteiger partial charge in [-0.3, -0.25) is 4.57 Å².